The van der Waals surface area contributed by atoms with Crippen molar-refractivity contribution in [3.8, 4) is 16.9 Å². The fourth-order valence-corrected chi connectivity index (χ4v) is 2.53. The predicted octanol–water partition coefficient (Wildman–Crippen LogP) is 6.56. The fourth-order valence-electron chi connectivity index (χ4n) is 2.53. The molecule has 1 nitrogen and oxygen atoms in total. The zero-order valence-electron chi connectivity index (χ0n) is 14.2. The van der Waals surface area contributed by atoms with Crippen LogP contribution < -0.4 is 4.74 Å². The molecular formula is C20H20F4O. The first kappa shape index (κ1) is 19.0. The van der Waals surface area contributed by atoms with Gasteiger partial charge in [0, 0.05) is 11.1 Å². The summed E-state index contributed by atoms with van der Waals surface area (Å²) < 4.78 is 61.8. The van der Waals surface area contributed by atoms with Gasteiger partial charge in [-0.3, -0.25) is 0 Å². The summed E-state index contributed by atoms with van der Waals surface area (Å²) in [6, 6.07) is 5.06. The lowest BCUT2D eigenvalue weighted by Crippen LogP contribution is -2.00. The molecule has 134 valence electrons. The fraction of sp³-hybridized carbons (Fsp3) is 0.300. The Morgan fingerprint density at radius 1 is 0.840 bits per heavy atom. The molecule has 0 N–H and O–H groups in total. The van der Waals surface area contributed by atoms with Gasteiger partial charge in [0.25, 0.3) is 0 Å². The third-order valence-corrected chi connectivity index (χ3v) is 3.88. The number of allylic oxidation sites excluding steroid dienone is 1. The molecule has 0 aromatic heterocycles. The van der Waals surface area contributed by atoms with E-state index in [2.05, 4.69) is 0 Å². The summed E-state index contributed by atoms with van der Waals surface area (Å²) in [5.41, 5.74) is -0.420. The molecule has 5 heteroatoms. The maximum Gasteiger partial charge on any atom is 0.201 e. The van der Waals surface area contributed by atoms with E-state index in [0.717, 1.165) is 19.3 Å². The number of unbranched alkanes of at least 4 members (excludes halogenated alkanes) is 2. The summed E-state index contributed by atoms with van der Waals surface area (Å²) >= 11 is 0. The molecule has 0 atom stereocenters. The molecule has 0 aliphatic heterocycles. The van der Waals surface area contributed by atoms with Crippen LogP contribution >= 0.6 is 0 Å². The van der Waals surface area contributed by atoms with Gasteiger partial charge < -0.3 is 4.74 Å². The minimum atomic E-state index is -1.28. The number of hydrogen-bond donors (Lipinski definition) is 0. The van der Waals surface area contributed by atoms with Crippen LogP contribution in [0.1, 0.15) is 38.7 Å². The zero-order valence-corrected chi connectivity index (χ0v) is 14.2. The highest BCUT2D eigenvalue weighted by Crippen LogP contribution is 2.33. The van der Waals surface area contributed by atoms with Gasteiger partial charge in [0.2, 0.25) is 5.82 Å². The number of aryl methyl sites for hydroxylation is 1. The van der Waals surface area contributed by atoms with Crippen LogP contribution in [0.5, 0.6) is 5.75 Å². The van der Waals surface area contributed by atoms with Crippen LogP contribution in [-0.2, 0) is 6.42 Å². The van der Waals surface area contributed by atoms with Gasteiger partial charge in [-0.25, -0.2) is 13.2 Å². The van der Waals surface area contributed by atoms with E-state index < -0.39 is 23.3 Å². The van der Waals surface area contributed by atoms with Gasteiger partial charge >= 0.3 is 0 Å². The Morgan fingerprint density at radius 2 is 1.48 bits per heavy atom. The maximum absolute atomic E-state index is 14.4. The Kier molecular flexibility index (Phi) is 6.62. The number of hydrogen-bond acceptors (Lipinski definition) is 1. The number of halogens is 4. The molecule has 25 heavy (non-hydrogen) atoms. The van der Waals surface area contributed by atoms with Crippen LogP contribution in [0, 0.1) is 23.3 Å². The number of ether oxygens (including phenoxy) is 1. The van der Waals surface area contributed by atoms with E-state index >= 15 is 0 Å². The van der Waals surface area contributed by atoms with Crippen molar-refractivity contribution in [3.05, 3.63) is 65.4 Å². The molecular weight excluding hydrogens is 332 g/mol. The Balaban J connectivity index is 2.38. The number of benzene rings is 2. The van der Waals surface area contributed by atoms with Crippen LogP contribution in [-0.4, -0.2) is 0 Å². The second-order valence-electron chi connectivity index (χ2n) is 5.68. The van der Waals surface area contributed by atoms with Crippen LogP contribution in [0.15, 0.2) is 36.6 Å². The summed E-state index contributed by atoms with van der Waals surface area (Å²) in [4.78, 5) is 0. The topological polar surface area (TPSA) is 9.23 Å². The lowest BCUT2D eigenvalue weighted by molar-refractivity contribution is 0.415. The zero-order chi connectivity index (χ0) is 18.4. The Labute approximate surface area is 144 Å². The Bertz CT molecular complexity index is 769. The number of rotatable bonds is 7. The van der Waals surface area contributed by atoms with E-state index in [9.17, 15) is 17.6 Å². The molecule has 0 aliphatic carbocycles. The van der Waals surface area contributed by atoms with Crippen molar-refractivity contribution in [2.45, 2.75) is 39.5 Å². The lowest BCUT2D eigenvalue weighted by atomic mass is 9.99. The van der Waals surface area contributed by atoms with E-state index in [1.165, 1.54) is 36.6 Å². The highest BCUT2D eigenvalue weighted by molar-refractivity contribution is 5.66. The van der Waals surface area contributed by atoms with Gasteiger partial charge in [-0.1, -0.05) is 38.0 Å². The van der Waals surface area contributed by atoms with Crippen LogP contribution in [0.4, 0.5) is 17.6 Å². The van der Waals surface area contributed by atoms with E-state index in [1.807, 2.05) is 6.92 Å². The first-order valence-electron chi connectivity index (χ1n) is 8.24. The lowest BCUT2D eigenvalue weighted by Gasteiger charge is -2.11. The van der Waals surface area contributed by atoms with Gasteiger partial charge in [0.05, 0.1) is 6.26 Å². The largest absolute Gasteiger partial charge is 0.462 e. The normalized spacial score (nSPS) is 11.3. The SMILES string of the molecule is C/C=C/Oc1ccc(-c2ccc(CCCCC)c(F)c2F)c(F)c1F. The molecule has 0 fully saturated rings. The van der Waals surface area contributed by atoms with Gasteiger partial charge in [-0.2, -0.15) is 4.39 Å². The predicted molar refractivity (Wildman–Crippen MR) is 90.4 cm³/mol. The summed E-state index contributed by atoms with van der Waals surface area (Å²) in [6.07, 6.45) is 5.74. The standard InChI is InChI=1S/C20H20F4O/c1-3-5-6-7-13-8-9-14(18(22)17(13)21)15-10-11-16(25-12-4-2)20(24)19(15)23/h4,8-12H,3,5-7H2,1-2H3/b12-4+. The summed E-state index contributed by atoms with van der Waals surface area (Å²) in [6.45, 7) is 3.67. The van der Waals surface area contributed by atoms with Gasteiger partial charge in [0.1, 0.15) is 0 Å². The monoisotopic (exact) mass is 352 g/mol. The maximum atomic E-state index is 14.4. The first-order valence-corrected chi connectivity index (χ1v) is 8.24. The molecule has 0 saturated carbocycles. The second-order valence-corrected chi connectivity index (χ2v) is 5.68. The molecule has 2 rings (SSSR count). The average Bonchev–Trinajstić information content (AvgIpc) is 2.61. The van der Waals surface area contributed by atoms with Crippen LogP contribution in [0.2, 0.25) is 0 Å². The van der Waals surface area contributed by atoms with E-state index in [4.69, 9.17) is 4.74 Å². The molecule has 0 bridgehead atoms. The minimum Gasteiger partial charge on any atom is -0.462 e. The second kappa shape index (κ2) is 8.70. The summed E-state index contributed by atoms with van der Waals surface area (Å²) in [5.74, 6) is -5.03. The minimum absolute atomic E-state index is 0.239. The van der Waals surface area contributed by atoms with Crippen molar-refractivity contribution in [2.24, 2.45) is 0 Å². The third-order valence-electron chi connectivity index (χ3n) is 3.88. The molecule has 2 aromatic rings. The highest BCUT2D eigenvalue weighted by atomic mass is 19.2. The van der Waals surface area contributed by atoms with Crippen molar-refractivity contribution in [3.63, 3.8) is 0 Å². The molecule has 2 aromatic carbocycles. The molecule has 0 unspecified atom stereocenters. The Hall–Kier alpha value is -2.30. The van der Waals surface area contributed by atoms with Crippen molar-refractivity contribution in [1.82, 2.24) is 0 Å². The molecule has 0 radical (unpaired) electrons. The van der Waals surface area contributed by atoms with Crippen molar-refractivity contribution >= 4 is 0 Å². The van der Waals surface area contributed by atoms with Gasteiger partial charge in [-0.15, -0.1) is 0 Å². The smallest absolute Gasteiger partial charge is 0.201 e. The third kappa shape index (κ3) is 4.21. The molecule has 0 spiro atoms. The molecule has 0 amide bonds. The summed E-state index contributed by atoms with van der Waals surface area (Å²) in [7, 11) is 0. The van der Waals surface area contributed by atoms with Crippen LogP contribution in [0.25, 0.3) is 11.1 Å². The van der Waals surface area contributed by atoms with Gasteiger partial charge in [0.15, 0.2) is 23.2 Å². The summed E-state index contributed by atoms with van der Waals surface area (Å²) in [5, 5.41) is 0. The van der Waals surface area contributed by atoms with Crippen molar-refractivity contribution in [1.29, 1.82) is 0 Å². The Morgan fingerprint density at radius 3 is 2.12 bits per heavy atom. The van der Waals surface area contributed by atoms with E-state index in [0.29, 0.717) is 6.42 Å². The molecule has 0 aliphatic rings. The van der Waals surface area contributed by atoms with Crippen molar-refractivity contribution in [2.75, 3.05) is 0 Å². The molecule has 0 heterocycles. The quantitative estimate of drug-likeness (QED) is 0.312. The van der Waals surface area contributed by atoms with Crippen molar-refractivity contribution < 1.29 is 22.3 Å². The van der Waals surface area contributed by atoms with Gasteiger partial charge in [-0.05, 0) is 37.5 Å². The van der Waals surface area contributed by atoms with Crippen LogP contribution in [0.3, 0.4) is 0 Å². The average molecular weight is 352 g/mol. The van der Waals surface area contributed by atoms with E-state index in [1.54, 1.807) is 6.92 Å². The molecule has 0 saturated heterocycles. The van der Waals surface area contributed by atoms with E-state index in [-0.39, 0.29) is 22.4 Å². The highest BCUT2D eigenvalue weighted by Gasteiger charge is 2.21. The first-order chi connectivity index (χ1) is 12.0.